The molecule has 1 nitrogen and oxygen atoms in total. The zero-order valence-corrected chi connectivity index (χ0v) is 7.56. The van der Waals surface area contributed by atoms with Gasteiger partial charge in [0, 0.05) is 12.2 Å². The molecule has 0 bridgehead atoms. The molecule has 0 unspecified atom stereocenters. The fraction of sp³-hybridized carbons (Fsp3) is 0.455. The summed E-state index contributed by atoms with van der Waals surface area (Å²) in [5, 5.41) is 3.47. The molecule has 0 saturated carbocycles. The van der Waals surface area contributed by atoms with Gasteiger partial charge in [0.2, 0.25) is 0 Å². The third-order valence-corrected chi connectivity index (χ3v) is 2.45. The van der Waals surface area contributed by atoms with Crippen molar-refractivity contribution in [2.45, 2.75) is 26.2 Å². The highest BCUT2D eigenvalue weighted by molar-refractivity contribution is 5.53. The number of fused-ring (bicyclic) bond motifs is 1. The summed E-state index contributed by atoms with van der Waals surface area (Å²) in [7, 11) is 0. The van der Waals surface area contributed by atoms with Gasteiger partial charge in [0.1, 0.15) is 0 Å². The SMILES string of the molecule is Cc1ccc2c(c1)NCCCC2. The van der Waals surface area contributed by atoms with Gasteiger partial charge in [0.05, 0.1) is 0 Å². The lowest BCUT2D eigenvalue weighted by Crippen LogP contribution is -1.99. The molecule has 0 atom stereocenters. The van der Waals surface area contributed by atoms with Gasteiger partial charge >= 0.3 is 0 Å². The van der Waals surface area contributed by atoms with Crippen molar-refractivity contribution >= 4 is 5.69 Å². The first-order chi connectivity index (χ1) is 5.86. The van der Waals surface area contributed by atoms with E-state index in [9.17, 15) is 0 Å². The molecule has 0 spiro atoms. The molecule has 0 aliphatic carbocycles. The number of aryl methyl sites for hydroxylation is 2. The second kappa shape index (κ2) is 3.18. The first kappa shape index (κ1) is 7.66. The van der Waals surface area contributed by atoms with Gasteiger partial charge in [-0.1, -0.05) is 12.1 Å². The molecule has 1 N–H and O–H groups in total. The van der Waals surface area contributed by atoms with Crippen molar-refractivity contribution in [3.8, 4) is 0 Å². The summed E-state index contributed by atoms with van der Waals surface area (Å²) in [5.74, 6) is 0. The molecule has 1 aliphatic rings. The van der Waals surface area contributed by atoms with E-state index in [-0.39, 0.29) is 0 Å². The molecule has 0 amide bonds. The molecule has 12 heavy (non-hydrogen) atoms. The Labute approximate surface area is 73.8 Å². The standard InChI is InChI=1S/C11H15N/c1-9-5-6-10-4-2-3-7-12-11(10)8-9/h5-6,8,12H,2-4,7H2,1H3. The van der Waals surface area contributed by atoms with Crippen molar-refractivity contribution in [3.05, 3.63) is 29.3 Å². The summed E-state index contributed by atoms with van der Waals surface area (Å²) in [6, 6.07) is 6.70. The van der Waals surface area contributed by atoms with Crippen LogP contribution in [0.25, 0.3) is 0 Å². The average Bonchev–Trinajstić information content (AvgIpc) is 2.28. The van der Waals surface area contributed by atoms with Crippen LogP contribution in [0.2, 0.25) is 0 Å². The van der Waals surface area contributed by atoms with Crippen LogP contribution in [-0.2, 0) is 6.42 Å². The molecular weight excluding hydrogens is 146 g/mol. The summed E-state index contributed by atoms with van der Waals surface area (Å²) < 4.78 is 0. The number of benzene rings is 1. The van der Waals surface area contributed by atoms with E-state index < -0.39 is 0 Å². The Bertz CT molecular complexity index is 278. The number of hydrogen-bond donors (Lipinski definition) is 1. The number of nitrogens with one attached hydrogen (secondary N) is 1. The summed E-state index contributed by atoms with van der Waals surface area (Å²) in [6.45, 7) is 3.28. The van der Waals surface area contributed by atoms with E-state index in [2.05, 4.69) is 30.4 Å². The van der Waals surface area contributed by atoms with Crippen LogP contribution >= 0.6 is 0 Å². The van der Waals surface area contributed by atoms with E-state index in [4.69, 9.17) is 0 Å². The largest absolute Gasteiger partial charge is 0.385 e. The molecule has 0 aromatic heterocycles. The fourth-order valence-corrected chi connectivity index (χ4v) is 1.74. The number of hydrogen-bond acceptors (Lipinski definition) is 1. The average molecular weight is 161 g/mol. The van der Waals surface area contributed by atoms with Crippen LogP contribution in [0.5, 0.6) is 0 Å². The second-order valence-corrected chi connectivity index (χ2v) is 3.54. The van der Waals surface area contributed by atoms with Crippen LogP contribution in [0, 0.1) is 6.92 Å². The third kappa shape index (κ3) is 1.45. The number of anilines is 1. The van der Waals surface area contributed by atoms with E-state index >= 15 is 0 Å². The van der Waals surface area contributed by atoms with E-state index in [1.165, 1.54) is 36.1 Å². The smallest absolute Gasteiger partial charge is 0.0375 e. The lowest BCUT2D eigenvalue weighted by Gasteiger charge is -2.07. The molecule has 0 fully saturated rings. The van der Waals surface area contributed by atoms with Crippen molar-refractivity contribution < 1.29 is 0 Å². The maximum Gasteiger partial charge on any atom is 0.0375 e. The monoisotopic (exact) mass is 161 g/mol. The topological polar surface area (TPSA) is 12.0 Å². The van der Waals surface area contributed by atoms with E-state index in [0.29, 0.717) is 0 Å². The minimum atomic E-state index is 1.14. The van der Waals surface area contributed by atoms with Crippen LogP contribution < -0.4 is 5.32 Å². The van der Waals surface area contributed by atoms with Crippen LogP contribution in [-0.4, -0.2) is 6.54 Å². The Morgan fingerprint density at radius 1 is 1.25 bits per heavy atom. The highest BCUT2D eigenvalue weighted by Gasteiger charge is 2.05. The zero-order valence-electron chi connectivity index (χ0n) is 7.56. The van der Waals surface area contributed by atoms with Gasteiger partial charge in [-0.25, -0.2) is 0 Å². The van der Waals surface area contributed by atoms with Gasteiger partial charge < -0.3 is 5.32 Å². The molecule has 1 aliphatic heterocycles. The lowest BCUT2D eigenvalue weighted by atomic mass is 10.1. The molecule has 0 saturated heterocycles. The van der Waals surface area contributed by atoms with Crippen LogP contribution in [0.3, 0.4) is 0 Å². The van der Waals surface area contributed by atoms with Gasteiger partial charge in [0.15, 0.2) is 0 Å². The molecule has 1 aromatic rings. The Morgan fingerprint density at radius 2 is 2.17 bits per heavy atom. The Hall–Kier alpha value is -0.980. The normalized spacial score (nSPS) is 16.1. The fourth-order valence-electron chi connectivity index (χ4n) is 1.74. The maximum absolute atomic E-state index is 3.47. The predicted molar refractivity (Wildman–Crippen MR) is 52.6 cm³/mol. The Morgan fingerprint density at radius 3 is 3.08 bits per heavy atom. The van der Waals surface area contributed by atoms with E-state index in [0.717, 1.165) is 6.54 Å². The predicted octanol–water partition coefficient (Wildman–Crippen LogP) is 2.74. The molecule has 0 radical (unpaired) electrons. The van der Waals surface area contributed by atoms with Crippen LogP contribution in [0.4, 0.5) is 5.69 Å². The van der Waals surface area contributed by atoms with Crippen molar-refractivity contribution in [2.24, 2.45) is 0 Å². The third-order valence-electron chi connectivity index (χ3n) is 2.45. The van der Waals surface area contributed by atoms with Gasteiger partial charge in [-0.15, -0.1) is 0 Å². The van der Waals surface area contributed by atoms with Gasteiger partial charge in [-0.2, -0.15) is 0 Å². The van der Waals surface area contributed by atoms with Gasteiger partial charge in [-0.3, -0.25) is 0 Å². The van der Waals surface area contributed by atoms with Crippen molar-refractivity contribution in [1.82, 2.24) is 0 Å². The number of rotatable bonds is 0. The summed E-state index contributed by atoms with van der Waals surface area (Å²) >= 11 is 0. The van der Waals surface area contributed by atoms with Crippen molar-refractivity contribution in [1.29, 1.82) is 0 Å². The second-order valence-electron chi connectivity index (χ2n) is 3.54. The zero-order chi connectivity index (χ0) is 8.39. The lowest BCUT2D eigenvalue weighted by molar-refractivity contribution is 0.785. The first-order valence-corrected chi connectivity index (χ1v) is 4.70. The van der Waals surface area contributed by atoms with Crippen molar-refractivity contribution in [3.63, 3.8) is 0 Å². The first-order valence-electron chi connectivity index (χ1n) is 4.70. The highest BCUT2D eigenvalue weighted by atomic mass is 14.9. The molecule has 64 valence electrons. The molecule has 1 heteroatoms. The molecule has 1 heterocycles. The maximum atomic E-state index is 3.47. The van der Waals surface area contributed by atoms with Crippen LogP contribution in [0.1, 0.15) is 24.0 Å². The van der Waals surface area contributed by atoms with E-state index in [1.807, 2.05) is 0 Å². The highest BCUT2D eigenvalue weighted by Crippen LogP contribution is 2.22. The van der Waals surface area contributed by atoms with Gasteiger partial charge in [0.25, 0.3) is 0 Å². The Kier molecular flexibility index (Phi) is 2.03. The summed E-state index contributed by atoms with van der Waals surface area (Å²) in [5.41, 5.74) is 4.19. The van der Waals surface area contributed by atoms with Crippen LogP contribution in [0.15, 0.2) is 18.2 Å². The summed E-state index contributed by atoms with van der Waals surface area (Å²) in [4.78, 5) is 0. The molecule has 1 aromatic carbocycles. The quantitative estimate of drug-likeness (QED) is 0.617. The van der Waals surface area contributed by atoms with E-state index in [1.54, 1.807) is 0 Å². The van der Waals surface area contributed by atoms with Gasteiger partial charge in [-0.05, 0) is 43.4 Å². The summed E-state index contributed by atoms with van der Waals surface area (Å²) in [6.07, 6.45) is 3.86. The molecular formula is C11H15N. The van der Waals surface area contributed by atoms with Crippen molar-refractivity contribution in [2.75, 3.05) is 11.9 Å². The minimum absolute atomic E-state index is 1.14. The minimum Gasteiger partial charge on any atom is -0.385 e. The molecule has 2 rings (SSSR count). The Balaban J connectivity index is 2.36.